The van der Waals surface area contributed by atoms with Crippen LogP contribution in [0.15, 0.2) is 0 Å². The molecule has 5 nitrogen and oxygen atoms in total. The number of carbonyl (C=O) groups excluding carboxylic acids is 1. The fourth-order valence-corrected chi connectivity index (χ4v) is 0.673. The van der Waals surface area contributed by atoms with Gasteiger partial charge in [-0.15, -0.1) is 0 Å². The van der Waals surface area contributed by atoms with Crippen LogP contribution in [0.3, 0.4) is 0 Å². The van der Waals surface area contributed by atoms with Crippen LogP contribution in [0.4, 0.5) is 13.2 Å². The maximum Gasteiger partial charge on any atom is 0.490 e. The number of hydrogen-bond acceptors (Lipinski definition) is 4. The smallest absolute Gasteiger partial charge is 0.475 e. The van der Waals surface area contributed by atoms with Gasteiger partial charge in [-0.3, -0.25) is 0 Å². The number of nitrogens with one attached hydrogen (secondary N) is 1. The van der Waals surface area contributed by atoms with E-state index < -0.39 is 12.1 Å². The molecule has 1 unspecified atom stereocenters. The van der Waals surface area contributed by atoms with Gasteiger partial charge in [-0.05, 0) is 0 Å². The first-order valence-corrected chi connectivity index (χ1v) is 3.95. The molecule has 2 N–H and O–H groups in total. The number of carbonyl (C=O) groups is 2. The van der Waals surface area contributed by atoms with Gasteiger partial charge in [0.15, 0.2) is 0 Å². The number of aldehydes is 1. The third-order valence-electron chi connectivity index (χ3n) is 1.35. The average molecular weight is 229 g/mol. The third-order valence-corrected chi connectivity index (χ3v) is 1.35. The lowest BCUT2D eigenvalue weighted by atomic mass is 10.3. The molecule has 1 fully saturated rings. The Morgan fingerprint density at radius 1 is 1.53 bits per heavy atom. The second-order valence-electron chi connectivity index (χ2n) is 2.55. The van der Waals surface area contributed by atoms with Gasteiger partial charge in [-0.2, -0.15) is 13.2 Å². The Labute approximate surface area is 83.2 Å². The summed E-state index contributed by atoms with van der Waals surface area (Å²) in [4.78, 5) is 18.9. The first-order valence-electron chi connectivity index (χ1n) is 3.95. The summed E-state index contributed by atoms with van der Waals surface area (Å²) in [6.07, 6.45) is -4.46. The standard InChI is InChI=1S/C5H9NO2.C2HF3O2/c7-4-5-3-6-1-2-8-5;3-2(4,5)1(6)7/h4-6H,1-3H2;(H,6,7). The molecule has 1 rings (SSSR count). The predicted octanol–water partition coefficient (Wildman–Crippen LogP) is -0.193. The number of halogens is 3. The van der Waals surface area contributed by atoms with E-state index in [1.807, 2.05) is 0 Å². The van der Waals surface area contributed by atoms with Gasteiger partial charge in [-0.1, -0.05) is 0 Å². The molecule has 0 amide bonds. The normalized spacial score (nSPS) is 21.1. The number of carboxylic acid groups (broad SMARTS) is 1. The summed E-state index contributed by atoms with van der Waals surface area (Å²) in [6.45, 7) is 2.19. The second-order valence-corrected chi connectivity index (χ2v) is 2.55. The second kappa shape index (κ2) is 6.36. The van der Waals surface area contributed by atoms with Crippen LogP contribution in [0.25, 0.3) is 0 Å². The van der Waals surface area contributed by atoms with Crippen molar-refractivity contribution in [1.29, 1.82) is 0 Å². The van der Waals surface area contributed by atoms with Gasteiger partial charge in [0.1, 0.15) is 12.4 Å². The van der Waals surface area contributed by atoms with Crippen LogP contribution < -0.4 is 5.32 Å². The minimum Gasteiger partial charge on any atom is -0.475 e. The van der Waals surface area contributed by atoms with E-state index in [0.29, 0.717) is 13.2 Å². The Bertz CT molecular complexity index is 213. The molecule has 1 aliphatic heterocycles. The van der Waals surface area contributed by atoms with E-state index in [1.165, 1.54) is 0 Å². The van der Waals surface area contributed by atoms with Gasteiger partial charge >= 0.3 is 12.1 Å². The SMILES string of the molecule is O=C(O)C(F)(F)F.O=CC1CNCCO1. The van der Waals surface area contributed by atoms with Gasteiger partial charge in [0.25, 0.3) is 0 Å². The average Bonchev–Trinajstić information content (AvgIpc) is 2.18. The largest absolute Gasteiger partial charge is 0.490 e. The van der Waals surface area contributed by atoms with E-state index in [2.05, 4.69) is 5.32 Å². The van der Waals surface area contributed by atoms with Crippen LogP contribution >= 0.6 is 0 Å². The highest BCUT2D eigenvalue weighted by molar-refractivity contribution is 5.73. The summed E-state index contributed by atoms with van der Waals surface area (Å²) in [5.41, 5.74) is 0. The first kappa shape index (κ1) is 13.8. The van der Waals surface area contributed by atoms with Crippen LogP contribution in [0.2, 0.25) is 0 Å². The lowest BCUT2D eigenvalue weighted by molar-refractivity contribution is -0.192. The van der Waals surface area contributed by atoms with E-state index >= 15 is 0 Å². The maximum absolute atomic E-state index is 10.6. The molecule has 0 spiro atoms. The molecule has 0 radical (unpaired) electrons. The quantitative estimate of drug-likeness (QED) is 0.609. The molecule has 88 valence electrons. The number of ether oxygens (including phenoxy) is 1. The van der Waals surface area contributed by atoms with E-state index in [4.69, 9.17) is 14.6 Å². The summed E-state index contributed by atoms with van der Waals surface area (Å²) in [5, 5.41) is 10.2. The topological polar surface area (TPSA) is 75.6 Å². The molecule has 0 aromatic carbocycles. The maximum atomic E-state index is 10.6. The fourth-order valence-electron chi connectivity index (χ4n) is 0.673. The molecule has 1 saturated heterocycles. The van der Waals surface area contributed by atoms with Crippen molar-refractivity contribution in [3.05, 3.63) is 0 Å². The number of hydrogen-bond donors (Lipinski definition) is 2. The fraction of sp³-hybridized carbons (Fsp3) is 0.714. The van der Waals surface area contributed by atoms with E-state index in [1.54, 1.807) is 0 Å². The van der Waals surface area contributed by atoms with Crippen molar-refractivity contribution in [2.45, 2.75) is 12.3 Å². The van der Waals surface area contributed by atoms with Crippen molar-refractivity contribution in [3.63, 3.8) is 0 Å². The third kappa shape index (κ3) is 6.86. The number of alkyl halides is 3. The summed E-state index contributed by atoms with van der Waals surface area (Å²) >= 11 is 0. The van der Waals surface area contributed by atoms with Gasteiger partial charge in [0.2, 0.25) is 0 Å². The van der Waals surface area contributed by atoms with Crippen LogP contribution in [0.5, 0.6) is 0 Å². The molecule has 0 aromatic heterocycles. The lowest BCUT2D eigenvalue weighted by Crippen LogP contribution is -2.39. The molecule has 0 aliphatic carbocycles. The Hall–Kier alpha value is -1.15. The Morgan fingerprint density at radius 3 is 2.27 bits per heavy atom. The zero-order valence-electron chi connectivity index (χ0n) is 7.58. The van der Waals surface area contributed by atoms with Crippen LogP contribution in [0.1, 0.15) is 0 Å². The molecule has 1 atom stereocenters. The predicted molar refractivity (Wildman–Crippen MR) is 42.4 cm³/mol. The van der Waals surface area contributed by atoms with Crippen LogP contribution in [-0.2, 0) is 14.3 Å². The Kier molecular flexibility index (Phi) is 5.87. The van der Waals surface area contributed by atoms with Crippen molar-refractivity contribution >= 4 is 12.3 Å². The molecular formula is C7H10F3NO4. The van der Waals surface area contributed by atoms with Gasteiger partial charge < -0.3 is 20.0 Å². The Balaban J connectivity index is 0.000000265. The van der Waals surface area contributed by atoms with Crippen molar-refractivity contribution < 1.29 is 32.6 Å². The number of morpholine rings is 1. The van der Waals surface area contributed by atoms with Crippen molar-refractivity contribution in [1.82, 2.24) is 5.32 Å². The first-order chi connectivity index (χ1) is 6.88. The summed E-state index contributed by atoms with van der Waals surface area (Å²) in [6, 6.07) is 0. The van der Waals surface area contributed by atoms with Crippen LogP contribution in [0, 0.1) is 0 Å². The molecule has 1 heterocycles. The molecule has 0 aromatic rings. The lowest BCUT2D eigenvalue weighted by Gasteiger charge is -2.17. The zero-order valence-corrected chi connectivity index (χ0v) is 7.58. The number of carboxylic acids is 1. The minimum absolute atomic E-state index is 0.205. The molecule has 8 heteroatoms. The van der Waals surface area contributed by atoms with Crippen molar-refractivity contribution in [2.24, 2.45) is 0 Å². The zero-order chi connectivity index (χ0) is 11.9. The molecule has 15 heavy (non-hydrogen) atoms. The van der Waals surface area contributed by atoms with Crippen molar-refractivity contribution in [3.8, 4) is 0 Å². The van der Waals surface area contributed by atoms with Crippen LogP contribution in [-0.4, -0.2) is 49.3 Å². The van der Waals surface area contributed by atoms with E-state index in [9.17, 15) is 18.0 Å². The molecule has 0 bridgehead atoms. The highest BCUT2D eigenvalue weighted by Crippen LogP contribution is 2.13. The van der Waals surface area contributed by atoms with Gasteiger partial charge in [-0.25, -0.2) is 4.79 Å². The summed E-state index contributed by atoms with van der Waals surface area (Å²) < 4.78 is 36.7. The summed E-state index contributed by atoms with van der Waals surface area (Å²) in [5.74, 6) is -2.76. The Morgan fingerprint density at radius 2 is 2.07 bits per heavy atom. The molecule has 0 saturated carbocycles. The van der Waals surface area contributed by atoms with Gasteiger partial charge in [0, 0.05) is 13.1 Å². The summed E-state index contributed by atoms with van der Waals surface area (Å²) in [7, 11) is 0. The monoisotopic (exact) mass is 229 g/mol. The van der Waals surface area contributed by atoms with E-state index in [0.717, 1.165) is 12.8 Å². The minimum atomic E-state index is -5.08. The highest BCUT2D eigenvalue weighted by Gasteiger charge is 2.38. The van der Waals surface area contributed by atoms with E-state index in [-0.39, 0.29) is 6.10 Å². The van der Waals surface area contributed by atoms with Gasteiger partial charge in [0.05, 0.1) is 6.61 Å². The van der Waals surface area contributed by atoms with Crippen molar-refractivity contribution in [2.75, 3.05) is 19.7 Å². The highest BCUT2D eigenvalue weighted by atomic mass is 19.4. The number of aliphatic carboxylic acids is 1. The molecular weight excluding hydrogens is 219 g/mol. The molecule has 1 aliphatic rings. The number of rotatable bonds is 1.